The summed E-state index contributed by atoms with van der Waals surface area (Å²) in [6, 6.07) is 5.90. The number of aliphatic hydroxyl groups excluding tert-OH is 1. The number of hydrogen-bond acceptors (Lipinski definition) is 9. The summed E-state index contributed by atoms with van der Waals surface area (Å²) in [5.74, 6) is -0.756. The lowest BCUT2D eigenvalue weighted by molar-refractivity contribution is -0.131. The van der Waals surface area contributed by atoms with E-state index in [0.29, 0.717) is 50.4 Å². The number of ether oxygens (including phenoxy) is 1. The van der Waals surface area contributed by atoms with Gasteiger partial charge in [0.25, 0.3) is 0 Å². The number of aliphatic hydroxyl groups is 1. The number of piperidine rings is 1. The van der Waals surface area contributed by atoms with E-state index in [2.05, 4.69) is 36.0 Å². The first-order chi connectivity index (χ1) is 27.5. The highest BCUT2D eigenvalue weighted by Gasteiger charge is 2.33. The third-order valence-corrected chi connectivity index (χ3v) is 12.6. The maximum Gasteiger partial charge on any atom is 0.407 e. The van der Waals surface area contributed by atoms with Gasteiger partial charge in [-0.25, -0.2) is 27.7 Å². The lowest BCUT2D eigenvalue weighted by atomic mass is 9.83. The minimum Gasteiger partial charge on any atom is -0.444 e. The SMILES string of the molecule is CC(C)S(=O)(=O)NCCC[C@H](O)[C@H](CC1CCCCC1)NC(=O)[C@H](Cc1c[nH]cn1)NC(=O)[C@H](Cc1ccccc1)NC(=O)N1CCC(NC(=O)OC(C)(C)C)CC1. The molecule has 2 heterocycles. The Morgan fingerprint density at radius 3 is 2.21 bits per heavy atom. The van der Waals surface area contributed by atoms with Crippen LogP contribution in [-0.2, 0) is 37.2 Å². The number of nitrogens with one attached hydrogen (secondary N) is 6. The number of rotatable bonds is 19. The number of sulfonamides is 1. The molecule has 16 nitrogen and oxygen atoms in total. The highest BCUT2D eigenvalue weighted by Crippen LogP contribution is 2.28. The van der Waals surface area contributed by atoms with Crippen molar-refractivity contribution in [1.29, 1.82) is 0 Å². The van der Waals surface area contributed by atoms with Crippen molar-refractivity contribution >= 4 is 34.0 Å². The van der Waals surface area contributed by atoms with Crippen molar-refractivity contribution in [3.63, 3.8) is 0 Å². The molecular formula is C41H66N8O8S. The van der Waals surface area contributed by atoms with Crippen molar-refractivity contribution < 1.29 is 37.4 Å². The lowest BCUT2D eigenvalue weighted by Gasteiger charge is -2.34. The molecule has 0 radical (unpaired) electrons. The Labute approximate surface area is 343 Å². The Kier molecular flexibility index (Phi) is 17.8. The second-order valence-electron chi connectivity index (χ2n) is 17.0. The quantitative estimate of drug-likeness (QED) is 0.103. The smallest absolute Gasteiger partial charge is 0.407 e. The molecule has 2 aromatic rings. The van der Waals surface area contributed by atoms with E-state index < -0.39 is 69.0 Å². The largest absolute Gasteiger partial charge is 0.444 e. The van der Waals surface area contributed by atoms with E-state index >= 15 is 0 Å². The summed E-state index contributed by atoms with van der Waals surface area (Å²) in [5, 5.41) is 22.6. The van der Waals surface area contributed by atoms with Crippen molar-refractivity contribution in [3.8, 4) is 0 Å². The van der Waals surface area contributed by atoms with E-state index in [1.165, 1.54) is 6.33 Å². The van der Waals surface area contributed by atoms with E-state index in [9.17, 15) is 32.7 Å². The highest BCUT2D eigenvalue weighted by molar-refractivity contribution is 7.90. The van der Waals surface area contributed by atoms with Crippen LogP contribution in [0, 0.1) is 5.92 Å². The molecule has 17 heteroatoms. The summed E-state index contributed by atoms with van der Waals surface area (Å²) in [5.41, 5.74) is 0.713. The summed E-state index contributed by atoms with van der Waals surface area (Å²) in [7, 11) is -3.46. The summed E-state index contributed by atoms with van der Waals surface area (Å²) in [6.07, 6.45) is 9.34. The first kappa shape index (κ1) is 46.5. The van der Waals surface area contributed by atoms with Crippen LogP contribution >= 0.6 is 0 Å². The van der Waals surface area contributed by atoms with Crippen LogP contribution in [0.1, 0.15) is 110 Å². The van der Waals surface area contributed by atoms with Crippen LogP contribution in [0.4, 0.5) is 9.59 Å². The number of urea groups is 1. The number of H-pyrrole nitrogens is 1. The number of carbonyl (C=O) groups excluding carboxylic acids is 4. The molecule has 0 bridgehead atoms. The topological polar surface area (TPSA) is 224 Å². The first-order valence-corrected chi connectivity index (χ1v) is 22.4. The van der Waals surface area contributed by atoms with Crippen LogP contribution in [0.25, 0.3) is 0 Å². The van der Waals surface area contributed by atoms with Crippen molar-refractivity contribution in [1.82, 2.24) is 40.9 Å². The number of nitrogens with zero attached hydrogens (tertiary/aromatic N) is 2. The molecule has 7 N–H and O–H groups in total. The van der Waals surface area contributed by atoms with E-state index in [4.69, 9.17) is 4.74 Å². The van der Waals surface area contributed by atoms with Gasteiger partial charge in [0.2, 0.25) is 21.8 Å². The molecular weight excluding hydrogens is 765 g/mol. The van der Waals surface area contributed by atoms with Gasteiger partial charge in [0.1, 0.15) is 17.7 Å². The maximum atomic E-state index is 14.2. The van der Waals surface area contributed by atoms with Crippen LogP contribution < -0.4 is 26.0 Å². The molecule has 58 heavy (non-hydrogen) atoms. The lowest BCUT2D eigenvalue weighted by Crippen LogP contribution is -2.59. The van der Waals surface area contributed by atoms with Gasteiger partial charge < -0.3 is 41.0 Å². The standard InChI is InChI=1S/C41H66N8O8S/c1-28(2)58(55,56)44-20-12-17-36(50)33(23-29-13-8-6-9-14-29)46-38(52)35(25-32-26-42-27-43-32)47-37(51)34(24-30-15-10-7-11-16-30)48-39(53)49-21-18-31(19-22-49)45-40(54)57-41(3,4)5/h7,10-11,15-16,26-29,31,33-36,44,50H,6,8-9,12-14,17-25H2,1-5H3,(H,42,43)(H,45,54)(H,46,52)(H,47,51)(H,48,53)/t33-,34-,35-,36-/m0/s1. The fraction of sp³-hybridized carbons (Fsp3) is 0.683. The van der Waals surface area contributed by atoms with Gasteiger partial charge in [-0.05, 0) is 78.2 Å². The van der Waals surface area contributed by atoms with E-state index in [-0.39, 0.29) is 31.8 Å². The van der Waals surface area contributed by atoms with Crippen molar-refractivity contribution in [2.45, 2.75) is 153 Å². The first-order valence-electron chi connectivity index (χ1n) is 20.8. The van der Waals surface area contributed by atoms with Gasteiger partial charge in [0.05, 0.1) is 29.4 Å². The molecule has 1 saturated heterocycles. The summed E-state index contributed by atoms with van der Waals surface area (Å²) < 4.78 is 32.5. The summed E-state index contributed by atoms with van der Waals surface area (Å²) in [4.78, 5) is 63.2. The Bertz CT molecular complexity index is 1690. The minimum atomic E-state index is -3.46. The Morgan fingerprint density at radius 1 is 0.931 bits per heavy atom. The summed E-state index contributed by atoms with van der Waals surface area (Å²) >= 11 is 0. The molecule has 0 unspecified atom stereocenters. The van der Waals surface area contributed by atoms with E-state index in [1.807, 2.05) is 30.3 Å². The Morgan fingerprint density at radius 2 is 1.59 bits per heavy atom. The zero-order chi connectivity index (χ0) is 42.3. The number of aromatic nitrogens is 2. The minimum absolute atomic E-state index is 0.0501. The van der Waals surface area contributed by atoms with Crippen molar-refractivity contribution in [2.75, 3.05) is 19.6 Å². The van der Waals surface area contributed by atoms with Crippen LogP contribution in [0.5, 0.6) is 0 Å². The molecule has 1 saturated carbocycles. The molecule has 4 rings (SSSR count). The molecule has 0 spiro atoms. The van der Waals surface area contributed by atoms with Gasteiger partial charge in [0, 0.05) is 44.7 Å². The maximum absolute atomic E-state index is 14.2. The van der Waals surface area contributed by atoms with Crippen molar-refractivity contribution in [2.24, 2.45) is 5.92 Å². The predicted molar refractivity (Wildman–Crippen MR) is 221 cm³/mol. The van der Waals surface area contributed by atoms with E-state index in [0.717, 1.165) is 37.7 Å². The third-order valence-electron chi connectivity index (χ3n) is 10.7. The van der Waals surface area contributed by atoms with Gasteiger partial charge in [-0.1, -0.05) is 62.4 Å². The van der Waals surface area contributed by atoms with Crippen LogP contribution in [0.15, 0.2) is 42.9 Å². The number of imidazole rings is 1. The Balaban J connectivity index is 1.46. The number of benzene rings is 1. The second-order valence-corrected chi connectivity index (χ2v) is 19.3. The van der Waals surface area contributed by atoms with Gasteiger partial charge in [0.15, 0.2) is 0 Å². The fourth-order valence-electron chi connectivity index (χ4n) is 7.36. The van der Waals surface area contributed by atoms with Gasteiger partial charge in [-0.2, -0.15) is 0 Å². The van der Waals surface area contributed by atoms with Gasteiger partial charge >= 0.3 is 12.1 Å². The summed E-state index contributed by atoms with van der Waals surface area (Å²) in [6.45, 7) is 9.44. The van der Waals surface area contributed by atoms with E-state index in [1.54, 1.807) is 45.7 Å². The molecule has 1 aliphatic heterocycles. The number of hydrogen-bond donors (Lipinski definition) is 7. The van der Waals surface area contributed by atoms with Crippen LogP contribution in [-0.4, -0.2) is 113 Å². The molecule has 5 amide bonds. The highest BCUT2D eigenvalue weighted by atomic mass is 32.2. The van der Waals surface area contributed by atoms with Gasteiger partial charge in [-0.15, -0.1) is 0 Å². The normalized spacial score (nSPS) is 17.8. The third kappa shape index (κ3) is 15.9. The monoisotopic (exact) mass is 830 g/mol. The van der Waals surface area contributed by atoms with Gasteiger partial charge in [-0.3, -0.25) is 9.59 Å². The fourth-order valence-corrected chi connectivity index (χ4v) is 8.13. The van der Waals surface area contributed by atoms with Crippen LogP contribution in [0.3, 0.4) is 0 Å². The molecule has 1 aromatic carbocycles. The average Bonchev–Trinajstić information content (AvgIpc) is 3.69. The zero-order valence-corrected chi connectivity index (χ0v) is 35.6. The number of likely N-dealkylation sites (tertiary alicyclic amines) is 1. The molecule has 1 aliphatic carbocycles. The predicted octanol–water partition coefficient (Wildman–Crippen LogP) is 3.67. The van der Waals surface area contributed by atoms with Crippen LogP contribution in [0.2, 0.25) is 0 Å². The number of aromatic amines is 1. The second kappa shape index (κ2) is 22.2. The molecule has 2 aliphatic rings. The molecule has 4 atom stereocenters. The molecule has 324 valence electrons. The zero-order valence-electron chi connectivity index (χ0n) is 34.8. The molecule has 2 fully saturated rings. The number of alkyl carbamates (subject to hydrolysis) is 1. The van der Waals surface area contributed by atoms with Crippen molar-refractivity contribution in [3.05, 3.63) is 54.1 Å². The number of carbonyl (C=O) groups is 4. The molecule has 1 aromatic heterocycles. The Hall–Kier alpha value is -4.22. The average molecular weight is 831 g/mol. The number of amides is 5.